The van der Waals surface area contributed by atoms with Gasteiger partial charge >= 0.3 is 0 Å². The number of amides is 1. The lowest BCUT2D eigenvalue weighted by Crippen LogP contribution is -2.42. The molecule has 0 spiro atoms. The van der Waals surface area contributed by atoms with Crippen molar-refractivity contribution in [3.63, 3.8) is 0 Å². The van der Waals surface area contributed by atoms with E-state index in [4.69, 9.17) is 5.73 Å². The largest absolute Gasteiger partial charge is 0.342 e. The molecule has 1 amide bonds. The van der Waals surface area contributed by atoms with E-state index >= 15 is 0 Å². The molecule has 1 rings (SSSR count). The van der Waals surface area contributed by atoms with Gasteiger partial charge in [0.25, 0.3) is 0 Å². The van der Waals surface area contributed by atoms with E-state index in [0.717, 1.165) is 39.0 Å². The summed E-state index contributed by atoms with van der Waals surface area (Å²) in [6.07, 6.45) is 4.86. The first-order valence-corrected chi connectivity index (χ1v) is 6.48. The summed E-state index contributed by atoms with van der Waals surface area (Å²) in [5.74, 6) is 0.275. The molecule has 0 atom stereocenters. The van der Waals surface area contributed by atoms with Gasteiger partial charge in [-0.05, 0) is 19.4 Å². The number of carbonyl (C=O) groups excluding carboxylic acids is 1. The number of rotatable bonds is 5. The molecule has 1 fully saturated rings. The molecule has 0 saturated carbocycles. The zero-order chi connectivity index (χ0) is 11.8. The minimum absolute atomic E-state index is 0.275. The first kappa shape index (κ1) is 13.5. The summed E-state index contributed by atoms with van der Waals surface area (Å²) in [5.41, 5.74) is 5.52. The maximum absolute atomic E-state index is 12.0. The van der Waals surface area contributed by atoms with Crippen LogP contribution in [0.2, 0.25) is 0 Å². The van der Waals surface area contributed by atoms with Crippen LogP contribution < -0.4 is 5.73 Å². The van der Waals surface area contributed by atoms with Crippen molar-refractivity contribution in [1.82, 2.24) is 9.80 Å². The highest BCUT2D eigenvalue weighted by atomic mass is 16.2. The van der Waals surface area contributed by atoms with Crippen LogP contribution in [0.25, 0.3) is 0 Å². The quantitative estimate of drug-likeness (QED) is 0.751. The SMILES string of the molecule is CCN(CCN)CC(=O)N1CCCCCC1. The molecule has 4 heteroatoms. The summed E-state index contributed by atoms with van der Waals surface area (Å²) >= 11 is 0. The van der Waals surface area contributed by atoms with Gasteiger partial charge in [-0.25, -0.2) is 0 Å². The Balaban J connectivity index is 2.36. The predicted molar refractivity (Wildman–Crippen MR) is 66.2 cm³/mol. The lowest BCUT2D eigenvalue weighted by Gasteiger charge is -2.25. The minimum atomic E-state index is 0.275. The standard InChI is InChI=1S/C12H25N3O/c1-2-14(10-7-13)11-12(16)15-8-5-3-4-6-9-15/h2-11,13H2,1H3. The van der Waals surface area contributed by atoms with E-state index in [1.165, 1.54) is 12.8 Å². The van der Waals surface area contributed by atoms with Crippen molar-refractivity contribution >= 4 is 5.91 Å². The number of nitrogens with two attached hydrogens (primary N) is 1. The lowest BCUT2D eigenvalue weighted by molar-refractivity contribution is -0.132. The Labute approximate surface area is 98.8 Å². The van der Waals surface area contributed by atoms with E-state index in [9.17, 15) is 4.79 Å². The zero-order valence-corrected chi connectivity index (χ0v) is 10.5. The molecular weight excluding hydrogens is 202 g/mol. The maximum Gasteiger partial charge on any atom is 0.236 e. The molecule has 4 nitrogen and oxygen atoms in total. The van der Waals surface area contributed by atoms with E-state index in [1.807, 2.05) is 4.90 Å². The third-order valence-corrected chi connectivity index (χ3v) is 3.21. The summed E-state index contributed by atoms with van der Waals surface area (Å²) in [6.45, 7) is 6.84. The summed E-state index contributed by atoms with van der Waals surface area (Å²) in [7, 11) is 0. The van der Waals surface area contributed by atoms with Gasteiger partial charge in [-0.15, -0.1) is 0 Å². The Kier molecular flexibility index (Phi) is 6.42. The van der Waals surface area contributed by atoms with E-state index in [2.05, 4.69) is 11.8 Å². The van der Waals surface area contributed by atoms with Crippen LogP contribution in [0.15, 0.2) is 0 Å². The number of hydrogen-bond acceptors (Lipinski definition) is 3. The molecule has 0 bridgehead atoms. The molecule has 0 aromatic rings. The zero-order valence-electron chi connectivity index (χ0n) is 10.5. The number of carbonyl (C=O) groups is 1. The van der Waals surface area contributed by atoms with Crippen molar-refractivity contribution in [2.24, 2.45) is 5.73 Å². The summed E-state index contributed by atoms with van der Waals surface area (Å²) < 4.78 is 0. The van der Waals surface area contributed by atoms with Gasteiger partial charge in [-0.3, -0.25) is 9.69 Å². The van der Waals surface area contributed by atoms with Gasteiger partial charge in [0.05, 0.1) is 6.54 Å². The number of hydrogen-bond donors (Lipinski definition) is 1. The molecule has 1 aliphatic heterocycles. The van der Waals surface area contributed by atoms with Crippen LogP contribution in [-0.4, -0.2) is 55.0 Å². The van der Waals surface area contributed by atoms with E-state index in [0.29, 0.717) is 13.1 Å². The van der Waals surface area contributed by atoms with Crippen LogP contribution in [0.5, 0.6) is 0 Å². The molecule has 1 aliphatic rings. The van der Waals surface area contributed by atoms with Crippen molar-refractivity contribution in [3.05, 3.63) is 0 Å². The molecule has 2 N–H and O–H groups in total. The van der Waals surface area contributed by atoms with Crippen molar-refractivity contribution in [2.45, 2.75) is 32.6 Å². The van der Waals surface area contributed by atoms with Crippen molar-refractivity contribution in [1.29, 1.82) is 0 Å². The molecule has 0 aromatic carbocycles. The Morgan fingerprint density at radius 3 is 2.38 bits per heavy atom. The van der Waals surface area contributed by atoms with Gasteiger partial charge in [0.1, 0.15) is 0 Å². The van der Waals surface area contributed by atoms with Crippen LogP contribution in [0.3, 0.4) is 0 Å². The second-order valence-corrected chi connectivity index (χ2v) is 4.45. The highest BCUT2D eigenvalue weighted by molar-refractivity contribution is 5.78. The molecule has 1 saturated heterocycles. The van der Waals surface area contributed by atoms with Gasteiger partial charge in [0, 0.05) is 26.2 Å². The molecule has 0 aromatic heterocycles. The van der Waals surface area contributed by atoms with Gasteiger partial charge in [0.2, 0.25) is 5.91 Å². The normalized spacial score (nSPS) is 17.6. The Bertz CT molecular complexity index is 200. The summed E-state index contributed by atoms with van der Waals surface area (Å²) in [5, 5.41) is 0. The fourth-order valence-corrected chi connectivity index (χ4v) is 2.14. The molecule has 94 valence electrons. The summed E-state index contributed by atoms with van der Waals surface area (Å²) in [4.78, 5) is 16.2. The molecular formula is C12H25N3O. The average molecular weight is 227 g/mol. The van der Waals surface area contributed by atoms with E-state index in [-0.39, 0.29) is 5.91 Å². The Morgan fingerprint density at radius 1 is 1.25 bits per heavy atom. The number of likely N-dealkylation sites (tertiary alicyclic amines) is 1. The van der Waals surface area contributed by atoms with Gasteiger partial charge in [-0.2, -0.15) is 0 Å². The van der Waals surface area contributed by atoms with Gasteiger partial charge in [0.15, 0.2) is 0 Å². The van der Waals surface area contributed by atoms with Crippen LogP contribution >= 0.6 is 0 Å². The fraction of sp³-hybridized carbons (Fsp3) is 0.917. The second kappa shape index (κ2) is 7.63. The van der Waals surface area contributed by atoms with Crippen molar-refractivity contribution < 1.29 is 4.79 Å². The average Bonchev–Trinajstić information content (AvgIpc) is 2.56. The number of likely N-dealkylation sites (N-methyl/N-ethyl adjacent to an activating group) is 1. The van der Waals surface area contributed by atoms with Crippen LogP contribution in [0.4, 0.5) is 0 Å². The third-order valence-electron chi connectivity index (χ3n) is 3.21. The van der Waals surface area contributed by atoms with Gasteiger partial charge < -0.3 is 10.6 Å². The molecule has 1 heterocycles. The Hall–Kier alpha value is -0.610. The number of nitrogens with zero attached hydrogens (tertiary/aromatic N) is 2. The summed E-state index contributed by atoms with van der Waals surface area (Å²) in [6, 6.07) is 0. The highest BCUT2D eigenvalue weighted by Crippen LogP contribution is 2.09. The first-order valence-electron chi connectivity index (χ1n) is 6.48. The minimum Gasteiger partial charge on any atom is -0.342 e. The predicted octanol–water partition coefficient (Wildman–Crippen LogP) is 0.670. The Morgan fingerprint density at radius 2 is 1.88 bits per heavy atom. The third kappa shape index (κ3) is 4.49. The molecule has 16 heavy (non-hydrogen) atoms. The fourth-order valence-electron chi connectivity index (χ4n) is 2.14. The lowest BCUT2D eigenvalue weighted by atomic mass is 10.2. The van der Waals surface area contributed by atoms with E-state index in [1.54, 1.807) is 0 Å². The van der Waals surface area contributed by atoms with Crippen LogP contribution in [0.1, 0.15) is 32.6 Å². The van der Waals surface area contributed by atoms with Crippen LogP contribution in [-0.2, 0) is 4.79 Å². The molecule has 0 radical (unpaired) electrons. The monoisotopic (exact) mass is 227 g/mol. The smallest absolute Gasteiger partial charge is 0.236 e. The molecule has 0 unspecified atom stereocenters. The molecule has 0 aliphatic carbocycles. The topological polar surface area (TPSA) is 49.6 Å². The van der Waals surface area contributed by atoms with Crippen molar-refractivity contribution in [3.8, 4) is 0 Å². The first-order chi connectivity index (χ1) is 7.77. The van der Waals surface area contributed by atoms with Crippen LogP contribution in [0, 0.1) is 0 Å². The second-order valence-electron chi connectivity index (χ2n) is 4.45. The van der Waals surface area contributed by atoms with Gasteiger partial charge in [-0.1, -0.05) is 19.8 Å². The van der Waals surface area contributed by atoms with Crippen molar-refractivity contribution in [2.75, 3.05) is 39.3 Å². The maximum atomic E-state index is 12.0. The van der Waals surface area contributed by atoms with E-state index < -0.39 is 0 Å². The highest BCUT2D eigenvalue weighted by Gasteiger charge is 2.17.